The van der Waals surface area contributed by atoms with E-state index in [0.717, 1.165) is 31.2 Å². The van der Waals surface area contributed by atoms with Crippen LogP contribution in [0.4, 0.5) is 0 Å². The lowest BCUT2D eigenvalue weighted by Crippen LogP contribution is -2.47. The first-order valence-corrected chi connectivity index (χ1v) is 9.58. The smallest absolute Gasteiger partial charge is 0.339 e. The summed E-state index contributed by atoms with van der Waals surface area (Å²) in [7, 11) is 0. The maximum absolute atomic E-state index is 11.9. The fraction of sp³-hybridized carbons (Fsp3) is 0.700. The van der Waals surface area contributed by atoms with Crippen LogP contribution in [0.3, 0.4) is 0 Å². The molecule has 2 saturated carbocycles. The van der Waals surface area contributed by atoms with E-state index < -0.39 is 0 Å². The van der Waals surface area contributed by atoms with Gasteiger partial charge in [0.2, 0.25) is 0 Å². The lowest BCUT2D eigenvalue weighted by atomic mass is 9.59. The predicted molar refractivity (Wildman–Crippen MR) is 92.8 cm³/mol. The van der Waals surface area contributed by atoms with Crippen LogP contribution in [0.25, 0.3) is 0 Å². The lowest BCUT2D eigenvalue weighted by molar-refractivity contribution is 0.0115. The molecule has 0 unspecified atom stereocenters. The van der Waals surface area contributed by atoms with Crippen molar-refractivity contribution in [3.63, 3.8) is 0 Å². The van der Waals surface area contributed by atoms with Gasteiger partial charge in [0.15, 0.2) is 0 Å². The molecule has 1 aromatic rings. The average molecular weight is 328 g/mol. The first kappa shape index (κ1) is 16.1. The fourth-order valence-electron chi connectivity index (χ4n) is 4.93. The summed E-state index contributed by atoms with van der Waals surface area (Å²) in [6, 6.07) is 2.73. The first-order valence-electron chi connectivity index (χ1n) is 9.58. The highest BCUT2D eigenvalue weighted by Gasteiger charge is 2.42. The van der Waals surface area contributed by atoms with Crippen molar-refractivity contribution in [2.45, 2.75) is 70.9 Å². The minimum atomic E-state index is -0.255. The van der Waals surface area contributed by atoms with Gasteiger partial charge in [0.25, 0.3) is 0 Å². The summed E-state index contributed by atoms with van der Waals surface area (Å²) in [4.78, 5) is 19.1. The summed E-state index contributed by atoms with van der Waals surface area (Å²) >= 11 is 0. The van der Waals surface area contributed by atoms with Gasteiger partial charge in [-0.1, -0.05) is 12.8 Å². The number of carbonyl (C=O) groups excluding carboxylic acids is 1. The molecule has 3 aliphatic rings. The molecule has 0 N–H and O–H groups in total. The number of rotatable bonds is 3. The van der Waals surface area contributed by atoms with Gasteiger partial charge in [-0.3, -0.25) is 9.88 Å². The molecule has 0 bridgehead atoms. The minimum Gasteiger partial charge on any atom is -0.462 e. The number of nitrogens with zero attached hydrogens (tertiary/aromatic N) is 2. The van der Waals surface area contributed by atoms with Gasteiger partial charge >= 0.3 is 5.97 Å². The van der Waals surface area contributed by atoms with Gasteiger partial charge in [-0.05, 0) is 62.5 Å². The second-order valence-corrected chi connectivity index (χ2v) is 7.87. The molecule has 1 aliphatic heterocycles. The van der Waals surface area contributed by atoms with E-state index in [1.807, 2.05) is 13.0 Å². The van der Waals surface area contributed by atoms with E-state index in [4.69, 9.17) is 4.74 Å². The molecule has 0 radical (unpaired) electrons. The molecule has 2 aliphatic carbocycles. The number of fused-ring (bicyclic) bond motifs is 1. The zero-order valence-corrected chi connectivity index (χ0v) is 14.7. The topological polar surface area (TPSA) is 42.4 Å². The molecule has 0 aromatic carbocycles. The van der Waals surface area contributed by atoms with Crippen molar-refractivity contribution in [1.82, 2.24) is 9.88 Å². The zero-order chi connectivity index (χ0) is 16.6. The molecule has 1 spiro atoms. The molecule has 4 heteroatoms. The highest BCUT2D eigenvalue weighted by Crippen LogP contribution is 2.52. The minimum absolute atomic E-state index is 0.255. The van der Waals surface area contributed by atoms with Crippen molar-refractivity contribution in [2.24, 2.45) is 5.41 Å². The molecule has 1 aromatic heterocycles. The van der Waals surface area contributed by atoms with Gasteiger partial charge in [-0.2, -0.15) is 0 Å². The van der Waals surface area contributed by atoms with Crippen LogP contribution in [0.2, 0.25) is 0 Å². The first-order chi connectivity index (χ1) is 11.7. The number of carbonyl (C=O) groups is 1. The summed E-state index contributed by atoms with van der Waals surface area (Å²) in [6.45, 7) is 4.29. The van der Waals surface area contributed by atoms with Crippen molar-refractivity contribution in [3.8, 4) is 0 Å². The maximum Gasteiger partial charge on any atom is 0.339 e. The molecular formula is C20H28N2O2. The van der Waals surface area contributed by atoms with Gasteiger partial charge in [0.1, 0.15) is 0 Å². The second-order valence-electron chi connectivity index (χ2n) is 7.87. The van der Waals surface area contributed by atoms with Gasteiger partial charge in [-0.25, -0.2) is 4.79 Å². The van der Waals surface area contributed by atoms with Crippen LogP contribution < -0.4 is 0 Å². The lowest BCUT2D eigenvalue weighted by Gasteiger charge is -2.50. The van der Waals surface area contributed by atoms with E-state index >= 15 is 0 Å². The largest absolute Gasteiger partial charge is 0.462 e. The molecular weight excluding hydrogens is 300 g/mol. The Bertz CT molecular complexity index is 624. The summed E-state index contributed by atoms with van der Waals surface area (Å²) in [5.41, 5.74) is 3.66. The van der Waals surface area contributed by atoms with Gasteiger partial charge < -0.3 is 4.74 Å². The molecule has 0 saturated heterocycles. The Morgan fingerprint density at radius 3 is 2.96 bits per heavy atom. The molecule has 4 rings (SSSR count). The molecule has 0 amide bonds. The summed E-state index contributed by atoms with van der Waals surface area (Å²) in [5, 5.41) is 0. The average Bonchev–Trinajstić information content (AvgIpc) is 2.60. The van der Waals surface area contributed by atoms with E-state index in [0.29, 0.717) is 17.6 Å². The van der Waals surface area contributed by atoms with E-state index in [1.165, 1.54) is 50.5 Å². The molecule has 1 atom stereocenters. The van der Waals surface area contributed by atoms with Crippen LogP contribution in [0.5, 0.6) is 0 Å². The number of hydrogen-bond donors (Lipinski definition) is 0. The molecule has 24 heavy (non-hydrogen) atoms. The predicted octanol–water partition coefficient (Wildman–Crippen LogP) is 3.73. The van der Waals surface area contributed by atoms with Crippen LogP contribution in [0.1, 0.15) is 73.5 Å². The Kier molecular flexibility index (Phi) is 4.33. The molecule has 2 fully saturated rings. The Labute approximate surface area is 144 Å². The summed E-state index contributed by atoms with van der Waals surface area (Å²) < 4.78 is 5.09. The standard InChI is InChI=1S/C20H28N2O2/c1-2-24-19(23)16-11-15-6-10-22(14-18(15)21-13-16)17-5-3-7-20(12-17)8-4-9-20/h11,13,17H,2-10,12,14H2,1H3/t17-/m1/s1. The van der Waals surface area contributed by atoms with Crippen molar-refractivity contribution >= 4 is 5.97 Å². The van der Waals surface area contributed by atoms with E-state index in [-0.39, 0.29) is 5.97 Å². The Morgan fingerprint density at radius 1 is 1.38 bits per heavy atom. The molecule has 2 heterocycles. The second kappa shape index (κ2) is 6.47. The Balaban J connectivity index is 1.45. The van der Waals surface area contributed by atoms with E-state index in [2.05, 4.69) is 9.88 Å². The monoisotopic (exact) mass is 328 g/mol. The maximum atomic E-state index is 11.9. The van der Waals surface area contributed by atoms with Gasteiger partial charge in [0.05, 0.1) is 17.9 Å². The number of pyridine rings is 1. The van der Waals surface area contributed by atoms with Crippen LogP contribution >= 0.6 is 0 Å². The van der Waals surface area contributed by atoms with Crippen LogP contribution in [0, 0.1) is 5.41 Å². The van der Waals surface area contributed by atoms with E-state index in [1.54, 1.807) is 6.20 Å². The van der Waals surface area contributed by atoms with Crippen molar-refractivity contribution < 1.29 is 9.53 Å². The fourth-order valence-corrected chi connectivity index (χ4v) is 4.93. The summed E-state index contributed by atoms with van der Waals surface area (Å²) in [5.74, 6) is -0.255. The van der Waals surface area contributed by atoms with Gasteiger partial charge in [-0.15, -0.1) is 0 Å². The quantitative estimate of drug-likeness (QED) is 0.793. The Hall–Kier alpha value is -1.42. The van der Waals surface area contributed by atoms with Gasteiger partial charge in [0, 0.05) is 25.3 Å². The van der Waals surface area contributed by atoms with Crippen molar-refractivity contribution in [1.29, 1.82) is 0 Å². The van der Waals surface area contributed by atoms with Crippen LogP contribution in [-0.2, 0) is 17.7 Å². The van der Waals surface area contributed by atoms with E-state index in [9.17, 15) is 4.79 Å². The third-order valence-electron chi connectivity index (χ3n) is 6.44. The number of aromatic nitrogens is 1. The van der Waals surface area contributed by atoms with Crippen LogP contribution in [-0.4, -0.2) is 35.0 Å². The number of esters is 1. The highest BCUT2D eigenvalue weighted by molar-refractivity contribution is 5.89. The highest BCUT2D eigenvalue weighted by atomic mass is 16.5. The molecule has 130 valence electrons. The van der Waals surface area contributed by atoms with Crippen LogP contribution in [0.15, 0.2) is 12.3 Å². The Morgan fingerprint density at radius 2 is 2.21 bits per heavy atom. The molecule has 4 nitrogen and oxygen atoms in total. The number of hydrogen-bond acceptors (Lipinski definition) is 4. The third kappa shape index (κ3) is 2.97. The van der Waals surface area contributed by atoms with Crippen molar-refractivity contribution in [2.75, 3.05) is 13.2 Å². The SMILES string of the molecule is CCOC(=O)c1cnc2c(c1)CCN([C@@H]1CCCC3(CCC3)C1)C2. The third-order valence-corrected chi connectivity index (χ3v) is 6.44. The number of ether oxygens (including phenoxy) is 1. The summed E-state index contributed by atoms with van der Waals surface area (Å²) in [6.07, 6.45) is 12.6. The normalized spacial score (nSPS) is 25.8. The van der Waals surface area contributed by atoms with Crippen molar-refractivity contribution in [3.05, 3.63) is 29.1 Å². The zero-order valence-electron chi connectivity index (χ0n) is 14.7.